The third kappa shape index (κ3) is 2.88. The summed E-state index contributed by atoms with van der Waals surface area (Å²) in [5.74, 6) is 1.15. The summed E-state index contributed by atoms with van der Waals surface area (Å²) < 4.78 is 11.0. The Morgan fingerprint density at radius 3 is 2.96 bits per heavy atom. The van der Waals surface area contributed by atoms with E-state index in [2.05, 4.69) is 10.3 Å². The summed E-state index contributed by atoms with van der Waals surface area (Å²) >= 11 is 0. The highest BCUT2D eigenvalue weighted by molar-refractivity contribution is 5.93. The number of rotatable bonds is 3. The van der Waals surface area contributed by atoms with E-state index in [0.717, 1.165) is 22.6 Å². The fourth-order valence-electron chi connectivity index (χ4n) is 2.84. The van der Waals surface area contributed by atoms with Crippen LogP contribution in [0.3, 0.4) is 0 Å². The van der Waals surface area contributed by atoms with Gasteiger partial charge in [-0.25, -0.2) is 4.98 Å². The maximum atomic E-state index is 12.5. The van der Waals surface area contributed by atoms with Crippen LogP contribution in [-0.4, -0.2) is 17.5 Å². The predicted molar refractivity (Wildman–Crippen MR) is 89.7 cm³/mol. The van der Waals surface area contributed by atoms with Crippen molar-refractivity contribution >= 4 is 11.6 Å². The van der Waals surface area contributed by atoms with Crippen LogP contribution in [0.1, 0.15) is 5.56 Å². The van der Waals surface area contributed by atoms with Crippen molar-refractivity contribution in [3.63, 3.8) is 0 Å². The topological polar surface area (TPSA) is 64.4 Å². The minimum absolute atomic E-state index is 0.0472. The molecule has 2 heterocycles. The predicted octanol–water partition coefficient (Wildman–Crippen LogP) is 3.53. The molecule has 1 aromatic heterocycles. The molecule has 1 aliphatic heterocycles. The number of hydrogen-bond donors (Lipinski definition) is 1. The molecule has 0 radical (unpaired) electrons. The van der Waals surface area contributed by atoms with Crippen molar-refractivity contribution in [2.24, 2.45) is 5.92 Å². The Hall–Kier alpha value is -3.08. The number of anilines is 1. The molecule has 3 aromatic rings. The highest BCUT2D eigenvalue weighted by atomic mass is 16.5. The summed E-state index contributed by atoms with van der Waals surface area (Å²) in [6.07, 6.45) is 3.80. The Bertz CT molecular complexity index is 859. The van der Waals surface area contributed by atoms with Gasteiger partial charge in [-0.2, -0.15) is 0 Å². The van der Waals surface area contributed by atoms with Crippen molar-refractivity contribution in [3.05, 3.63) is 66.6 Å². The maximum absolute atomic E-state index is 12.5. The van der Waals surface area contributed by atoms with E-state index in [1.807, 2.05) is 48.5 Å². The van der Waals surface area contributed by atoms with Crippen LogP contribution in [0.15, 0.2) is 65.4 Å². The molecule has 5 heteroatoms. The average molecular weight is 320 g/mol. The molecule has 4 rings (SSSR count). The SMILES string of the molecule is O=C(Nc1cccc(-c2ncco2)c1)C1COc2ccccc2C1. The van der Waals surface area contributed by atoms with E-state index in [9.17, 15) is 4.79 Å². The molecular formula is C19H16N2O3. The average Bonchev–Trinajstić information content (AvgIpc) is 3.16. The first-order valence-corrected chi connectivity index (χ1v) is 7.81. The molecule has 1 N–H and O–H groups in total. The van der Waals surface area contributed by atoms with Crippen LogP contribution in [0.2, 0.25) is 0 Å². The van der Waals surface area contributed by atoms with E-state index < -0.39 is 0 Å². The van der Waals surface area contributed by atoms with Gasteiger partial charge in [-0.05, 0) is 36.2 Å². The zero-order chi connectivity index (χ0) is 16.4. The second-order valence-corrected chi connectivity index (χ2v) is 5.73. The van der Waals surface area contributed by atoms with Gasteiger partial charge in [-0.3, -0.25) is 4.79 Å². The molecule has 0 aliphatic carbocycles. The fraction of sp³-hybridized carbons (Fsp3) is 0.158. The van der Waals surface area contributed by atoms with Crippen LogP contribution >= 0.6 is 0 Å². The highest BCUT2D eigenvalue weighted by Crippen LogP contribution is 2.28. The second-order valence-electron chi connectivity index (χ2n) is 5.73. The molecule has 1 unspecified atom stereocenters. The first-order chi connectivity index (χ1) is 11.8. The first-order valence-electron chi connectivity index (χ1n) is 7.81. The summed E-state index contributed by atoms with van der Waals surface area (Å²) in [7, 11) is 0. The second kappa shape index (κ2) is 6.20. The van der Waals surface area contributed by atoms with Gasteiger partial charge in [0.05, 0.1) is 12.1 Å². The number of nitrogens with one attached hydrogen (secondary N) is 1. The van der Waals surface area contributed by atoms with Gasteiger partial charge in [-0.15, -0.1) is 0 Å². The molecule has 1 amide bonds. The lowest BCUT2D eigenvalue weighted by molar-refractivity contribution is -0.121. The van der Waals surface area contributed by atoms with E-state index in [1.165, 1.54) is 6.26 Å². The number of benzene rings is 2. The molecule has 24 heavy (non-hydrogen) atoms. The molecule has 1 atom stereocenters. The van der Waals surface area contributed by atoms with Crippen LogP contribution < -0.4 is 10.1 Å². The lowest BCUT2D eigenvalue weighted by Gasteiger charge is -2.24. The Morgan fingerprint density at radius 1 is 1.17 bits per heavy atom. The molecular weight excluding hydrogens is 304 g/mol. The van der Waals surface area contributed by atoms with E-state index >= 15 is 0 Å². The van der Waals surface area contributed by atoms with Gasteiger partial charge in [0.1, 0.15) is 18.6 Å². The van der Waals surface area contributed by atoms with Gasteiger partial charge < -0.3 is 14.5 Å². The van der Waals surface area contributed by atoms with Gasteiger partial charge in [0, 0.05) is 11.3 Å². The van der Waals surface area contributed by atoms with Crippen LogP contribution in [0.5, 0.6) is 5.75 Å². The number of amides is 1. The standard InChI is InChI=1S/C19H16N2O3/c22-18(15-10-13-4-1-2-7-17(13)24-12-15)21-16-6-3-5-14(11-16)19-20-8-9-23-19/h1-9,11,15H,10,12H2,(H,21,22). The third-order valence-electron chi connectivity index (χ3n) is 4.06. The number of ether oxygens (including phenoxy) is 1. The lowest BCUT2D eigenvalue weighted by Crippen LogP contribution is -2.32. The summed E-state index contributed by atoms with van der Waals surface area (Å²) in [6, 6.07) is 15.3. The molecule has 0 fully saturated rings. The lowest BCUT2D eigenvalue weighted by atomic mass is 9.96. The quantitative estimate of drug-likeness (QED) is 0.802. The van der Waals surface area contributed by atoms with Crippen molar-refractivity contribution in [3.8, 4) is 17.2 Å². The summed E-state index contributed by atoms with van der Waals surface area (Å²) in [5, 5.41) is 2.96. The van der Waals surface area contributed by atoms with Gasteiger partial charge >= 0.3 is 0 Å². The molecule has 1 aliphatic rings. The number of carbonyl (C=O) groups is 1. The minimum Gasteiger partial charge on any atom is -0.492 e. The normalized spacial score (nSPS) is 16.1. The Kier molecular flexibility index (Phi) is 3.75. The van der Waals surface area contributed by atoms with Crippen LogP contribution in [0, 0.1) is 5.92 Å². The number of oxazole rings is 1. The van der Waals surface area contributed by atoms with Gasteiger partial charge in [0.2, 0.25) is 11.8 Å². The smallest absolute Gasteiger partial charge is 0.231 e. The number of nitrogens with zero attached hydrogens (tertiary/aromatic N) is 1. The summed E-state index contributed by atoms with van der Waals surface area (Å²) in [5.41, 5.74) is 2.61. The van der Waals surface area contributed by atoms with Gasteiger partial charge in [-0.1, -0.05) is 24.3 Å². The fourth-order valence-corrected chi connectivity index (χ4v) is 2.84. The van der Waals surface area contributed by atoms with E-state index in [-0.39, 0.29) is 11.8 Å². The summed E-state index contributed by atoms with van der Waals surface area (Å²) in [6.45, 7) is 0.391. The van der Waals surface area contributed by atoms with E-state index in [4.69, 9.17) is 9.15 Å². The van der Waals surface area contributed by atoms with Crippen molar-refractivity contribution in [2.45, 2.75) is 6.42 Å². The number of hydrogen-bond acceptors (Lipinski definition) is 4. The zero-order valence-electron chi connectivity index (χ0n) is 12.9. The van der Waals surface area contributed by atoms with Crippen LogP contribution in [0.25, 0.3) is 11.5 Å². The highest BCUT2D eigenvalue weighted by Gasteiger charge is 2.25. The third-order valence-corrected chi connectivity index (χ3v) is 4.06. The molecule has 120 valence electrons. The monoisotopic (exact) mass is 320 g/mol. The number of aromatic nitrogens is 1. The van der Waals surface area contributed by atoms with E-state index in [0.29, 0.717) is 18.9 Å². The minimum atomic E-state index is -0.203. The molecule has 0 saturated heterocycles. The van der Waals surface area contributed by atoms with Gasteiger partial charge in [0.25, 0.3) is 0 Å². The van der Waals surface area contributed by atoms with Crippen molar-refractivity contribution in [1.82, 2.24) is 4.98 Å². The van der Waals surface area contributed by atoms with Gasteiger partial charge in [0.15, 0.2) is 0 Å². The zero-order valence-corrected chi connectivity index (χ0v) is 12.9. The van der Waals surface area contributed by atoms with Crippen LogP contribution in [0.4, 0.5) is 5.69 Å². The maximum Gasteiger partial charge on any atom is 0.231 e. The van der Waals surface area contributed by atoms with E-state index in [1.54, 1.807) is 6.20 Å². The number of para-hydroxylation sites is 1. The molecule has 0 saturated carbocycles. The summed E-state index contributed by atoms with van der Waals surface area (Å²) in [4.78, 5) is 16.7. The molecule has 0 spiro atoms. The van der Waals surface area contributed by atoms with Crippen LogP contribution in [-0.2, 0) is 11.2 Å². The molecule has 0 bridgehead atoms. The Morgan fingerprint density at radius 2 is 2.08 bits per heavy atom. The number of carbonyl (C=O) groups excluding carboxylic acids is 1. The largest absolute Gasteiger partial charge is 0.492 e. The Labute approximate surface area is 139 Å². The number of fused-ring (bicyclic) bond motifs is 1. The first kappa shape index (κ1) is 14.5. The van der Waals surface area contributed by atoms with Crippen molar-refractivity contribution in [2.75, 3.05) is 11.9 Å². The van der Waals surface area contributed by atoms with Crippen molar-refractivity contribution in [1.29, 1.82) is 0 Å². The molecule has 2 aromatic carbocycles. The van der Waals surface area contributed by atoms with Crippen molar-refractivity contribution < 1.29 is 13.9 Å². The molecule has 5 nitrogen and oxygen atoms in total. The Balaban J connectivity index is 1.48.